The second-order valence-corrected chi connectivity index (χ2v) is 3.58. The van der Waals surface area contributed by atoms with Crippen LogP contribution in [0, 0.1) is 0 Å². The smallest absolute Gasteiger partial charge is 0.0348 e. The fraction of sp³-hybridized carbons (Fsp3) is 1.00. The van der Waals surface area contributed by atoms with Crippen molar-refractivity contribution in [1.82, 2.24) is 4.90 Å². The summed E-state index contributed by atoms with van der Waals surface area (Å²) in [7, 11) is 0. The Labute approximate surface area is 68.4 Å². The molecule has 1 heterocycles. The molecule has 1 saturated heterocycles. The van der Waals surface area contributed by atoms with Gasteiger partial charge in [-0.25, -0.2) is 0 Å². The van der Waals surface area contributed by atoms with E-state index in [1.54, 1.807) is 0 Å². The summed E-state index contributed by atoms with van der Waals surface area (Å²) in [5.74, 6) is 0. The van der Waals surface area contributed by atoms with Crippen LogP contribution in [0.15, 0.2) is 0 Å². The fourth-order valence-electron chi connectivity index (χ4n) is 1.43. The van der Waals surface area contributed by atoms with Crippen LogP contribution in [0.3, 0.4) is 0 Å². The van der Waals surface area contributed by atoms with Gasteiger partial charge in [-0.1, -0.05) is 6.92 Å². The molecule has 0 amide bonds. The maximum atomic E-state index is 6.02. The molecule has 0 N–H and O–H groups in total. The third kappa shape index (κ3) is 2.47. The first-order valence-electron chi connectivity index (χ1n) is 4.19. The Morgan fingerprint density at radius 3 is 2.90 bits per heavy atom. The van der Waals surface area contributed by atoms with Crippen LogP contribution in [0.2, 0.25) is 0 Å². The van der Waals surface area contributed by atoms with Crippen molar-refractivity contribution in [3.63, 3.8) is 0 Å². The zero-order valence-corrected chi connectivity index (χ0v) is 7.40. The molecule has 1 rings (SSSR count). The predicted octanol–water partition coefficient (Wildman–Crippen LogP) is 2.10. The summed E-state index contributed by atoms with van der Waals surface area (Å²) >= 11 is 6.02. The molecule has 0 aliphatic carbocycles. The highest BCUT2D eigenvalue weighted by Gasteiger charge is 2.12. The maximum absolute atomic E-state index is 6.02. The van der Waals surface area contributed by atoms with Gasteiger partial charge in [-0.05, 0) is 38.9 Å². The zero-order valence-electron chi connectivity index (χ0n) is 6.65. The molecule has 1 fully saturated rings. The normalized spacial score (nSPS) is 30.0. The summed E-state index contributed by atoms with van der Waals surface area (Å²) in [4.78, 5) is 2.47. The number of likely N-dealkylation sites (tertiary alicyclic amines) is 1. The van der Waals surface area contributed by atoms with Crippen LogP contribution in [-0.4, -0.2) is 29.9 Å². The number of rotatable bonds is 1. The Hall–Kier alpha value is 0.250. The topological polar surface area (TPSA) is 3.24 Å². The first kappa shape index (κ1) is 8.35. The van der Waals surface area contributed by atoms with Crippen molar-refractivity contribution in [3.8, 4) is 0 Å². The van der Waals surface area contributed by atoms with Crippen LogP contribution in [-0.2, 0) is 0 Å². The summed E-state index contributed by atoms with van der Waals surface area (Å²) < 4.78 is 0. The summed E-state index contributed by atoms with van der Waals surface area (Å²) in [5.41, 5.74) is 0. The zero-order chi connectivity index (χ0) is 7.40. The van der Waals surface area contributed by atoms with Gasteiger partial charge in [0.1, 0.15) is 0 Å². The Morgan fingerprint density at radius 1 is 1.40 bits per heavy atom. The highest BCUT2D eigenvalue weighted by molar-refractivity contribution is 6.20. The Balaban J connectivity index is 2.26. The quantitative estimate of drug-likeness (QED) is 0.533. The molecular formula is C8H16ClN. The fourth-order valence-corrected chi connectivity index (χ4v) is 1.68. The lowest BCUT2D eigenvalue weighted by Crippen LogP contribution is -2.24. The van der Waals surface area contributed by atoms with Gasteiger partial charge < -0.3 is 4.90 Å². The molecule has 0 radical (unpaired) electrons. The maximum Gasteiger partial charge on any atom is 0.0348 e. The Bertz CT molecular complexity index is 95.3. The summed E-state index contributed by atoms with van der Waals surface area (Å²) in [6.07, 6.45) is 3.66. The molecule has 1 aliphatic heterocycles. The number of halogens is 1. The molecular weight excluding hydrogens is 146 g/mol. The first-order chi connectivity index (χ1) is 4.83. The minimum Gasteiger partial charge on any atom is -0.304 e. The third-order valence-corrected chi connectivity index (χ3v) is 2.63. The van der Waals surface area contributed by atoms with Gasteiger partial charge in [0.2, 0.25) is 0 Å². The average molecular weight is 162 g/mol. The van der Waals surface area contributed by atoms with Crippen molar-refractivity contribution in [2.24, 2.45) is 0 Å². The van der Waals surface area contributed by atoms with E-state index in [0.717, 1.165) is 0 Å². The lowest BCUT2D eigenvalue weighted by molar-refractivity contribution is 0.301. The van der Waals surface area contributed by atoms with E-state index in [1.807, 2.05) is 0 Å². The van der Waals surface area contributed by atoms with Crippen molar-refractivity contribution < 1.29 is 0 Å². The molecule has 1 nitrogen and oxygen atoms in total. The van der Waals surface area contributed by atoms with E-state index in [1.165, 1.54) is 38.9 Å². The van der Waals surface area contributed by atoms with E-state index in [-0.39, 0.29) is 0 Å². The van der Waals surface area contributed by atoms with Gasteiger partial charge in [0.05, 0.1) is 0 Å². The van der Waals surface area contributed by atoms with E-state index in [0.29, 0.717) is 5.38 Å². The van der Waals surface area contributed by atoms with Crippen LogP contribution in [0.4, 0.5) is 0 Å². The average Bonchev–Trinajstić information content (AvgIpc) is 2.14. The molecule has 0 saturated carbocycles. The van der Waals surface area contributed by atoms with Gasteiger partial charge in [-0.2, -0.15) is 0 Å². The first-order valence-corrected chi connectivity index (χ1v) is 4.63. The molecule has 0 aromatic carbocycles. The number of hydrogen-bond acceptors (Lipinski definition) is 1. The second-order valence-electron chi connectivity index (χ2n) is 2.96. The van der Waals surface area contributed by atoms with E-state index in [9.17, 15) is 0 Å². The van der Waals surface area contributed by atoms with E-state index in [4.69, 9.17) is 11.6 Å². The molecule has 1 aliphatic rings. The molecule has 0 aromatic heterocycles. The molecule has 0 spiro atoms. The number of nitrogens with zero attached hydrogens (tertiary/aromatic N) is 1. The van der Waals surface area contributed by atoms with Gasteiger partial charge in [-0.15, -0.1) is 11.6 Å². The Morgan fingerprint density at radius 2 is 2.20 bits per heavy atom. The van der Waals surface area contributed by atoms with Gasteiger partial charge in [0.25, 0.3) is 0 Å². The number of hydrogen-bond donors (Lipinski definition) is 0. The van der Waals surface area contributed by atoms with Crippen LogP contribution in [0.1, 0.15) is 26.2 Å². The second kappa shape index (κ2) is 4.20. The SMILES string of the molecule is CCN1CCCC(Cl)CC1. The monoisotopic (exact) mass is 161 g/mol. The van der Waals surface area contributed by atoms with Crippen molar-refractivity contribution in [2.45, 2.75) is 31.6 Å². The van der Waals surface area contributed by atoms with Crippen molar-refractivity contribution in [2.75, 3.05) is 19.6 Å². The minimum absolute atomic E-state index is 0.441. The molecule has 1 unspecified atom stereocenters. The molecule has 0 aromatic rings. The predicted molar refractivity (Wildman–Crippen MR) is 45.6 cm³/mol. The van der Waals surface area contributed by atoms with Crippen LogP contribution >= 0.6 is 11.6 Å². The van der Waals surface area contributed by atoms with E-state index >= 15 is 0 Å². The largest absolute Gasteiger partial charge is 0.304 e. The van der Waals surface area contributed by atoms with Gasteiger partial charge in [0, 0.05) is 5.38 Å². The summed E-state index contributed by atoms with van der Waals surface area (Å²) in [6, 6.07) is 0. The highest BCUT2D eigenvalue weighted by Crippen LogP contribution is 2.15. The van der Waals surface area contributed by atoms with Crippen molar-refractivity contribution in [3.05, 3.63) is 0 Å². The molecule has 0 bridgehead atoms. The lowest BCUT2D eigenvalue weighted by Gasteiger charge is -2.16. The summed E-state index contributed by atoms with van der Waals surface area (Å²) in [6.45, 7) is 5.85. The van der Waals surface area contributed by atoms with E-state index < -0.39 is 0 Å². The standard InChI is InChI=1S/C8H16ClN/c1-2-10-6-3-4-8(9)5-7-10/h8H,2-7H2,1H3. The number of alkyl halides is 1. The molecule has 60 valence electrons. The third-order valence-electron chi connectivity index (χ3n) is 2.20. The van der Waals surface area contributed by atoms with Crippen LogP contribution in [0.5, 0.6) is 0 Å². The molecule has 1 atom stereocenters. The van der Waals surface area contributed by atoms with E-state index in [2.05, 4.69) is 11.8 Å². The lowest BCUT2D eigenvalue weighted by atomic mass is 10.2. The van der Waals surface area contributed by atoms with Crippen LogP contribution < -0.4 is 0 Å². The highest BCUT2D eigenvalue weighted by atomic mass is 35.5. The van der Waals surface area contributed by atoms with Gasteiger partial charge in [-0.3, -0.25) is 0 Å². The molecule has 2 heteroatoms. The Kier molecular flexibility index (Phi) is 3.50. The van der Waals surface area contributed by atoms with Crippen LogP contribution in [0.25, 0.3) is 0 Å². The summed E-state index contributed by atoms with van der Waals surface area (Å²) in [5, 5.41) is 0.441. The molecule has 10 heavy (non-hydrogen) atoms. The van der Waals surface area contributed by atoms with Crippen molar-refractivity contribution >= 4 is 11.6 Å². The van der Waals surface area contributed by atoms with Crippen molar-refractivity contribution in [1.29, 1.82) is 0 Å². The minimum atomic E-state index is 0.441. The van der Waals surface area contributed by atoms with Gasteiger partial charge in [0.15, 0.2) is 0 Å². The van der Waals surface area contributed by atoms with Gasteiger partial charge >= 0.3 is 0 Å².